The zero-order valence-electron chi connectivity index (χ0n) is 15.2. The van der Waals surface area contributed by atoms with Crippen molar-refractivity contribution < 1.29 is 18.8 Å². The molecule has 0 aromatic heterocycles. The first-order valence-electron chi connectivity index (χ1n) is 7.72. The number of hydrogen-bond donors (Lipinski definition) is 0. The molecule has 0 fully saturated rings. The number of rotatable bonds is 2. The van der Waals surface area contributed by atoms with Crippen LogP contribution in [0.5, 0.6) is 0 Å². The molecule has 0 amide bonds. The Morgan fingerprint density at radius 1 is 0.917 bits per heavy atom. The van der Waals surface area contributed by atoms with E-state index in [1.54, 1.807) is 14.1 Å². The Balaban J connectivity index is 0.000000505. The van der Waals surface area contributed by atoms with E-state index in [0.29, 0.717) is 0 Å². The maximum Gasteiger partial charge on any atom is 0.0659 e. The second-order valence-electron chi connectivity index (χ2n) is 5.47. The van der Waals surface area contributed by atoms with E-state index in [2.05, 4.69) is 51.7 Å². The third-order valence-corrected chi connectivity index (χ3v) is 4.85. The fraction of sp³-hybridized carbons (Fsp3) is 0.316. The van der Waals surface area contributed by atoms with E-state index in [1.807, 2.05) is 24.4 Å². The van der Waals surface area contributed by atoms with E-state index in [4.69, 9.17) is 12.6 Å². The van der Waals surface area contributed by atoms with Gasteiger partial charge in [0.1, 0.15) is 0 Å². The predicted octanol–water partition coefficient (Wildman–Crippen LogP) is 5.27. The van der Waals surface area contributed by atoms with Crippen LogP contribution in [0.3, 0.4) is 0 Å². The molecule has 2 rings (SSSR count). The molecule has 0 N–H and O–H groups in total. The Hall–Kier alpha value is -1.36. The fourth-order valence-corrected chi connectivity index (χ4v) is 2.77. The van der Waals surface area contributed by atoms with Crippen LogP contribution in [0.15, 0.2) is 47.1 Å². The maximum absolute atomic E-state index is 5.50. The fourth-order valence-electron chi connectivity index (χ4n) is 2.19. The average molecular weight is 374 g/mol. The van der Waals surface area contributed by atoms with Gasteiger partial charge in [-0.25, -0.2) is 0 Å². The predicted molar refractivity (Wildman–Crippen MR) is 101 cm³/mol. The zero-order chi connectivity index (χ0) is 18.1. The van der Waals surface area contributed by atoms with Crippen LogP contribution in [-0.2, 0) is 31.4 Å². The maximum atomic E-state index is 5.50. The first kappa shape index (κ1) is 20.7. The zero-order valence-corrected chi connectivity index (χ0v) is 17.6. The molecule has 0 aliphatic rings. The van der Waals surface area contributed by atoms with Gasteiger partial charge in [0.2, 0.25) is 0 Å². The normalized spacial score (nSPS) is 9.92. The standard InChI is InChI=1S/C17H19NS.2CH3N.Ti/c1-11-7-5-6-8-16(11)18-10-15-14(4)12(2)9-13(3)17(15)19;2*1-2;/h5-10,19H,1-4H3;2*1H3;/p-1. The van der Waals surface area contributed by atoms with Crippen LogP contribution in [0.1, 0.15) is 27.8 Å². The van der Waals surface area contributed by atoms with Gasteiger partial charge in [-0.2, -0.15) is 4.90 Å². The third-order valence-electron chi connectivity index (χ3n) is 3.68. The Bertz CT molecular complexity index is 759. The number of aryl methyl sites for hydroxylation is 3. The Morgan fingerprint density at radius 3 is 2.08 bits per heavy atom. The van der Waals surface area contributed by atoms with Gasteiger partial charge in [0.05, 0.1) is 5.69 Å². The first-order valence-corrected chi connectivity index (χ1v) is 9.53. The molecule has 0 saturated carbocycles. The van der Waals surface area contributed by atoms with Crippen molar-refractivity contribution in [2.24, 2.45) is 11.8 Å². The van der Waals surface area contributed by atoms with Crippen LogP contribution in [0.25, 0.3) is 0 Å². The van der Waals surface area contributed by atoms with Gasteiger partial charge in [-0.05, 0) is 56.0 Å². The molecular weight excluding hydrogens is 350 g/mol. The van der Waals surface area contributed by atoms with E-state index in [9.17, 15) is 0 Å². The molecule has 24 heavy (non-hydrogen) atoms. The van der Waals surface area contributed by atoms with E-state index in [-0.39, 0.29) is 18.8 Å². The number of nitrogens with zero attached hydrogens (tertiary/aromatic N) is 3. The molecule has 0 radical (unpaired) electrons. The van der Waals surface area contributed by atoms with Gasteiger partial charge in [-0.1, -0.05) is 29.8 Å². The monoisotopic (exact) mass is 374 g/mol. The average Bonchev–Trinajstić information content (AvgIpc) is 2.56. The Kier molecular flexibility index (Phi) is 9.05. The van der Waals surface area contributed by atoms with Crippen molar-refractivity contribution in [3.05, 3.63) is 58.1 Å². The number of aliphatic imine (C=N–C) groups is 1. The summed E-state index contributed by atoms with van der Waals surface area (Å²) < 4.78 is 7.62. The minimum atomic E-state index is -0.222. The van der Waals surface area contributed by atoms with E-state index < -0.39 is 0 Å². The quantitative estimate of drug-likeness (QED) is 0.401. The molecule has 0 spiro atoms. The van der Waals surface area contributed by atoms with Crippen LogP contribution in [-0.4, -0.2) is 20.3 Å². The van der Waals surface area contributed by atoms with Gasteiger partial charge in [0, 0.05) is 6.21 Å². The van der Waals surface area contributed by atoms with Crippen molar-refractivity contribution >= 4 is 24.5 Å². The minimum Gasteiger partial charge on any atom is -0.779 e. The van der Waals surface area contributed by atoms with E-state index in [1.165, 1.54) is 16.7 Å². The summed E-state index contributed by atoms with van der Waals surface area (Å²) in [4.78, 5) is 5.49. The molecule has 0 aliphatic heterocycles. The largest absolute Gasteiger partial charge is 0.779 e. The van der Waals surface area contributed by atoms with Gasteiger partial charge < -0.3 is 12.6 Å². The summed E-state index contributed by atoms with van der Waals surface area (Å²) in [5.74, 6) is 0. The summed E-state index contributed by atoms with van der Waals surface area (Å²) in [6.45, 7) is 8.33. The van der Waals surface area contributed by atoms with Crippen LogP contribution >= 0.6 is 0 Å². The van der Waals surface area contributed by atoms with Crippen molar-refractivity contribution in [3.8, 4) is 0 Å². The third kappa shape index (κ3) is 5.93. The molecule has 3 nitrogen and oxygen atoms in total. The van der Waals surface area contributed by atoms with Crippen LogP contribution in [0.4, 0.5) is 5.69 Å². The molecule has 2 aromatic carbocycles. The summed E-state index contributed by atoms with van der Waals surface area (Å²) in [5, 5.41) is 0. The molecule has 0 saturated heterocycles. The Morgan fingerprint density at radius 2 is 1.54 bits per heavy atom. The van der Waals surface area contributed by atoms with Crippen molar-refractivity contribution in [1.29, 1.82) is 0 Å². The summed E-state index contributed by atoms with van der Waals surface area (Å²) in [5.41, 5.74) is 6.85. The number of benzene rings is 2. The molecular formula is C19H24N3STi-. The molecule has 0 atom stereocenters. The van der Waals surface area contributed by atoms with Gasteiger partial charge in [-0.3, -0.25) is 4.99 Å². The molecule has 5 heteroatoms. The first-order chi connectivity index (χ1) is 11.4. The summed E-state index contributed by atoms with van der Waals surface area (Å²) in [7, 11) is 3.60. The number of hydrogen-bond acceptors (Lipinski definition) is 4. The molecule has 0 bridgehead atoms. The van der Waals surface area contributed by atoms with Gasteiger partial charge >= 0.3 is 39.7 Å². The molecule has 126 valence electrons. The summed E-state index contributed by atoms with van der Waals surface area (Å²) in [6, 6.07) is 10.3. The van der Waals surface area contributed by atoms with E-state index >= 15 is 0 Å². The van der Waals surface area contributed by atoms with Crippen molar-refractivity contribution in [1.82, 2.24) is 0 Å². The molecule has 0 heterocycles. The van der Waals surface area contributed by atoms with Gasteiger partial charge in [-0.15, -0.1) is 0 Å². The van der Waals surface area contributed by atoms with Crippen LogP contribution in [0, 0.1) is 27.7 Å². The summed E-state index contributed by atoms with van der Waals surface area (Å²) >= 11 is 5.28. The van der Waals surface area contributed by atoms with Crippen LogP contribution in [0.2, 0.25) is 0 Å². The van der Waals surface area contributed by atoms with Crippen molar-refractivity contribution in [2.75, 3.05) is 14.1 Å². The number of para-hydroxylation sites is 1. The summed E-state index contributed by atoms with van der Waals surface area (Å²) in [6.07, 6.45) is 1.90. The van der Waals surface area contributed by atoms with Crippen molar-refractivity contribution in [3.63, 3.8) is 0 Å². The molecule has 0 unspecified atom stereocenters. The van der Waals surface area contributed by atoms with Crippen LogP contribution < -0.4 is 0 Å². The SMILES string of the molecule is C[N]=[Ti]=[N]C.Cc1ccccc1N=Cc1c(C)c(C)cc(C)c1[S-]. The second-order valence-corrected chi connectivity index (χ2v) is 7.59. The topological polar surface area (TPSA) is 37.1 Å². The second kappa shape index (κ2) is 10.5. The van der Waals surface area contributed by atoms with E-state index in [0.717, 1.165) is 21.7 Å². The smallest absolute Gasteiger partial charge is 0.0659 e. The minimum absolute atomic E-state index is 0.222. The Labute approximate surface area is 159 Å². The molecule has 2 aromatic rings. The van der Waals surface area contributed by atoms with Gasteiger partial charge in [0.25, 0.3) is 0 Å². The van der Waals surface area contributed by atoms with Gasteiger partial charge in [0.15, 0.2) is 0 Å². The molecule has 0 aliphatic carbocycles. The van der Waals surface area contributed by atoms with Crippen molar-refractivity contribution in [2.45, 2.75) is 32.6 Å².